The molecule has 1 unspecified atom stereocenters. The maximum atomic E-state index is 16.0. The van der Waals surface area contributed by atoms with Crippen LogP contribution in [-0.4, -0.2) is 47.8 Å². The molecule has 3 aromatic rings. The minimum Gasteiger partial charge on any atom is -0.494 e. The molecule has 9 heteroatoms. The number of nitrogens with two attached hydrogens (primary N) is 1. The Labute approximate surface area is 223 Å². The van der Waals surface area contributed by atoms with E-state index in [0.717, 1.165) is 25.2 Å². The lowest BCUT2D eigenvalue weighted by molar-refractivity contribution is 0.228. The highest BCUT2D eigenvalue weighted by Crippen LogP contribution is 2.37. The monoisotopic (exact) mass is 521 g/mol. The zero-order valence-electron chi connectivity index (χ0n) is 22.1. The van der Waals surface area contributed by atoms with Crippen molar-refractivity contribution in [2.45, 2.75) is 51.8 Å². The zero-order chi connectivity index (χ0) is 27.2. The molecule has 1 saturated heterocycles. The maximum absolute atomic E-state index is 16.0. The number of aliphatic hydroxyl groups is 1. The number of benzene rings is 2. The Kier molecular flexibility index (Phi) is 8.68. The number of halogens is 1. The number of rotatable bonds is 11. The number of nitrogens with zero attached hydrogens (tertiary/aromatic N) is 2. The van der Waals surface area contributed by atoms with Crippen LogP contribution in [0.1, 0.15) is 56.5 Å². The van der Waals surface area contributed by atoms with Crippen LogP contribution in [0.5, 0.6) is 11.5 Å². The molecule has 4 rings (SSSR count). The Morgan fingerprint density at radius 3 is 2.66 bits per heavy atom. The van der Waals surface area contributed by atoms with Crippen molar-refractivity contribution in [2.24, 2.45) is 5.73 Å². The maximum Gasteiger partial charge on any atom is 0.171 e. The summed E-state index contributed by atoms with van der Waals surface area (Å²) < 4.78 is 27.6. The Bertz CT molecular complexity index is 1250. The Balaban J connectivity index is 1.82. The summed E-state index contributed by atoms with van der Waals surface area (Å²) >= 11 is 0. The summed E-state index contributed by atoms with van der Waals surface area (Å²) in [7, 11) is 0. The van der Waals surface area contributed by atoms with Gasteiger partial charge in [0.25, 0.3) is 0 Å². The van der Waals surface area contributed by atoms with E-state index in [1.54, 1.807) is 36.4 Å². The fourth-order valence-electron chi connectivity index (χ4n) is 4.70. The van der Waals surface area contributed by atoms with Crippen LogP contribution < -0.4 is 25.4 Å². The van der Waals surface area contributed by atoms with Crippen LogP contribution >= 0.6 is 0 Å². The van der Waals surface area contributed by atoms with Crippen LogP contribution in [0.2, 0.25) is 0 Å². The Hall–Kier alpha value is -3.85. The molecule has 1 fully saturated rings. The van der Waals surface area contributed by atoms with Crippen LogP contribution in [0.3, 0.4) is 0 Å². The van der Waals surface area contributed by atoms with Crippen LogP contribution in [-0.2, 0) is 0 Å². The van der Waals surface area contributed by atoms with E-state index in [2.05, 4.69) is 10.2 Å². The van der Waals surface area contributed by atoms with E-state index in [-0.39, 0.29) is 30.3 Å². The van der Waals surface area contributed by atoms with Gasteiger partial charge in [0, 0.05) is 29.4 Å². The van der Waals surface area contributed by atoms with Gasteiger partial charge in [-0.2, -0.15) is 0 Å². The molecule has 1 aliphatic rings. The third-order valence-corrected chi connectivity index (χ3v) is 6.47. The van der Waals surface area contributed by atoms with Crippen molar-refractivity contribution in [1.82, 2.24) is 4.98 Å². The number of hydrogen-bond acceptors (Lipinski definition) is 7. The zero-order valence-corrected chi connectivity index (χ0v) is 22.1. The Morgan fingerprint density at radius 1 is 1.24 bits per heavy atom. The van der Waals surface area contributed by atoms with Gasteiger partial charge in [-0.1, -0.05) is 6.07 Å². The van der Waals surface area contributed by atoms with Crippen molar-refractivity contribution < 1.29 is 19.0 Å². The Morgan fingerprint density at radius 2 is 2.00 bits per heavy atom. The lowest BCUT2D eigenvalue weighted by Gasteiger charge is -2.27. The predicted molar refractivity (Wildman–Crippen MR) is 148 cm³/mol. The second-order valence-electron chi connectivity index (χ2n) is 9.59. The van der Waals surface area contributed by atoms with Crippen molar-refractivity contribution in [3.63, 3.8) is 0 Å². The fourth-order valence-corrected chi connectivity index (χ4v) is 4.70. The highest BCUT2D eigenvalue weighted by Gasteiger charge is 2.28. The van der Waals surface area contributed by atoms with E-state index in [4.69, 9.17) is 25.6 Å². The van der Waals surface area contributed by atoms with Crippen molar-refractivity contribution in [3.8, 4) is 11.5 Å². The minimum atomic E-state index is -0.691. The molecule has 38 heavy (non-hydrogen) atoms. The summed E-state index contributed by atoms with van der Waals surface area (Å²) in [5.41, 5.74) is 7.84. The third kappa shape index (κ3) is 6.16. The third-order valence-electron chi connectivity index (χ3n) is 6.47. The number of pyridine rings is 1. The van der Waals surface area contributed by atoms with E-state index in [1.807, 2.05) is 39.0 Å². The standard InChI is InChI=1S/C29H36FN5O3/c1-4-37-22-15-23(27(30)25(16-22)38-18(2)3)28(33-20-12-10-19(11-13-20)29(31)32)24-8-5-9-26(34-24)35-14-6-7-21(35)17-36/h5,8-13,15-16,18,21,28,33,36H,4,6-7,14,17H2,1-3H3,(H3,31,32)/t21-,28?/m1/s1. The number of ether oxygens (including phenoxy) is 2. The van der Waals surface area contributed by atoms with E-state index in [9.17, 15) is 5.11 Å². The highest BCUT2D eigenvalue weighted by atomic mass is 19.1. The highest BCUT2D eigenvalue weighted by molar-refractivity contribution is 5.95. The summed E-state index contributed by atoms with van der Waals surface area (Å²) in [5, 5.41) is 20.9. The number of aliphatic hydroxyl groups excluding tert-OH is 1. The number of hydrogen-bond donors (Lipinski definition) is 4. The van der Waals surface area contributed by atoms with E-state index in [0.29, 0.717) is 34.9 Å². The van der Waals surface area contributed by atoms with Crippen LogP contribution in [0.4, 0.5) is 15.9 Å². The molecule has 2 atom stereocenters. The lowest BCUT2D eigenvalue weighted by Crippen LogP contribution is -2.33. The second-order valence-corrected chi connectivity index (χ2v) is 9.59. The van der Waals surface area contributed by atoms with Crippen molar-refractivity contribution in [2.75, 3.05) is 30.0 Å². The summed E-state index contributed by atoms with van der Waals surface area (Å²) in [6.07, 6.45) is 1.64. The van der Waals surface area contributed by atoms with Gasteiger partial charge in [-0.05, 0) is 76.1 Å². The minimum absolute atomic E-state index is 0.00680. The number of aromatic nitrogens is 1. The van der Waals surface area contributed by atoms with Crippen LogP contribution in [0, 0.1) is 11.2 Å². The van der Waals surface area contributed by atoms with Crippen molar-refractivity contribution in [1.29, 1.82) is 5.41 Å². The molecule has 0 radical (unpaired) electrons. The molecule has 1 aliphatic heterocycles. The first-order valence-electron chi connectivity index (χ1n) is 13.0. The van der Waals surface area contributed by atoms with Crippen molar-refractivity contribution in [3.05, 3.63) is 77.2 Å². The molecule has 0 aliphatic carbocycles. The van der Waals surface area contributed by atoms with Gasteiger partial charge in [0.05, 0.1) is 37.1 Å². The quantitative estimate of drug-likeness (QED) is 0.210. The van der Waals surface area contributed by atoms with Gasteiger partial charge in [0.1, 0.15) is 17.4 Å². The lowest BCUT2D eigenvalue weighted by atomic mass is 10.0. The molecule has 5 N–H and O–H groups in total. The SMILES string of the molecule is CCOc1cc(OC(C)C)c(F)c(C(Nc2ccc(C(=N)N)cc2)c2cccc(N3CCC[C@@H]3CO)n2)c1. The molecule has 0 bridgehead atoms. The van der Waals surface area contributed by atoms with Crippen molar-refractivity contribution >= 4 is 17.3 Å². The van der Waals surface area contributed by atoms with E-state index >= 15 is 4.39 Å². The summed E-state index contributed by atoms with van der Waals surface area (Å²) in [6.45, 7) is 6.83. The van der Waals surface area contributed by atoms with E-state index in [1.165, 1.54) is 0 Å². The molecule has 8 nitrogen and oxygen atoms in total. The molecule has 2 aromatic carbocycles. The van der Waals surface area contributed by atoms with Crippen LogP contribution in [0.25, 0.3) is 0 Å². The smallest absolute Gasteiger partial charge is 0.171 e. The second kappa shape index (κ2) is 12.1. The van der Waals surface area contributed by atoms with E-state index < -0.39 is 11.9 Å². The van der Waals surface area contributed by atoms with Gasteiger partial charge in [-0.15, -0.1) is 0 Å². The molecule has 202 valence electrons. The number of nitrogen functional groups attached to an aromatic ring is 1. The first kappa shape index (κ1) is 27.2. The number of amidine groups is 1. The molecule has 2 heterocycles. The van der Waals surface area contributed by atoms with Gasteiger partial charge in [0.2, 0.25) is 0 Å². The molecular formula is C29H36FN5O3. The normalized spacial score (nSPS) is 15.9. The van der Waals surface area contributed by atoms with Gasteiger partial charge in [0.15, 0.2) is 11.6 Å². The molecular weight excluding hydrogens is 485 g/mol. The predicted octanol–water partition coefficient (Wildman–Crippen LogP) is 4.85. The molecule has 0 saturated carbocycles. The largest absolute Gasteiger partial charge is 0.494 e. The van der Waals surface area contributed by atoms with Gasteiger partial charge >= 0.3 is 0 Å². The topological polar surface area (TPSA) is 117 Å². The summed E-state index contributed by atoms with van der Waals surface area (Å²) in [4.78, 5) is 7.03. The van der Waals surface area contributed by atoms with Gasteiger partial charge in [-0.3, -0.25) is 5.41 Å². The average molecular weight is 522 g/mol. The summed E-state index contributed by atoms with van der Waals surface area (Å²) in [5.74, 6) is 0.807. The number of anilines is 2. The van der Waals surface area contributed by atoms with Gasteiger partial charge < -0.3 is 30.5 Å². The number of nitrogens with one attached hydrogen (secondary N) is 2. The molecule has 1 aromatic heterocycles. The molecule has 0 amide bonds. The summed E-state index contributed by atoms with van der Waals surface area (Å²) in [6, 6.07) is 15.3. The van der Waals surface area contributed by atoms with Crippen LogP contribution in [0.15, 0.2) is 54.6 Å². The molecule has 0 spiro atoms. The van der Waals surface area contributed by atoms with Gasteiger partial charge in [-0.25, -0.2) is 9.37 Å². The first-order valence-corrected chi connectivity index (χ1v) is 13.0. The fraction of sp³-hybridized carbons (Fsp3) is 0.379. The average Bonchev–Trinajstić information content (AvgIpc) is 3.38. The first-order chi connectivity index (χ1) is 18.3.